The summed E-state index contributed by atoms with van der Waals surface area (Å²) in [5.74, 6) is 0.791. The maximum atomic E-state index is 12.0. The van der Waals surface area contributed by atoms with Crippen LogP contribution in [0.15, 0.2) is 30.3 Å². The molecule has 0 unspecified atom stereocenters. The first kappa shape index (κ1) is 13.6. The van der Waals surface area contributed by atoms with Gasteiger partial charge in [0.1, 0.15) is 0 Å². The third kappa shape index (κ3) is 3.83. The van der Waals surface area contributed by atoms with Gasteiger partial charge < -0.3 is 10.2 Å². The lowest BCUT2D eigenvalue weighted by molar-refractivity contribution is -0.122. The Morgan fingerprint density at radius 2 is 1.80 bits per heavy atom. The van der Waals surface area contributed by atoms with E-state index in [0.29, 0.717) is 18.9 Å². The van der Waals surface area contributed by atoms with Gasteiger partial charge in [-0.2, -0.15) is 0 Å². The molecule has 20 heavy (non-hydrogen) atoms. The molecular formula is C17H24N2O. The van der Waals surface area contributed by atoms with E-state index in [1.807, 2.05) is 18.2 Å². The van der Waals surface area contributed by atoms with E-state index in [2.05, 4.69) is 22.3 Å². The first-order chi connectivity index (χ1) is 9.81. The van der Waals surface area contributed by atoms with E-state index in [9.17, 15) is 4.79 Å². The summed E-state index contributed by atoms with van der Waals surface area (Å²) < 4.78 is 0. The number of carbonyl (C=O) groups excluding carboxylic acids is 1. The van der Waals surface area contributed by atoms with Crippen molar-refractivity contribution in [2.75, 3.05) is 13.1 Å². The number of amides is 1. The minimum absolute atomic E-state index is 0.207. The molecule has 1 aromatic carbocycles. The number of hydrogen-bond acceptors (Lipinski definition) is 2. The SMILES string of the molecule is O=C(CC1CCN(C2CC2)CC1)NCc1ccccc1. The van der Waals surface area contributed by atoms with Crippen LogP contribution in [0.2, 0.25) is 0 Å². The van der Waals surface area contributed by atoms with Gasteiger partial charge in [0.05, 0.1) is 0 Å². The summed E-state index contributed by atoms with van der Waals surface area (Å²) in [4.78, 5) is 14.6. The van der Waals surface area contributed by atoms with Gasteiger partial charge in [-0.25, -0.2) is 0 Å². The van der Waals surface area contributed by atoms with Gasteiger partial charge in [0.2, 0.25) is 5.91 Å². The van der Waals surface area contributed by atoms with E-state index in [0.717, 1.165) is 6.04 Å². The van der Waals surface area contributed by atoms with E-state index in [1.165, 1.54) is 44.3 Å². The smallest absolute Gasteiger partial charge is 0.220 e. The zero-order valence-corrected chi connectivity index (χ0v) is 12.1. The van der Waals surface area contributed by atoms with Crippen molar-refractivity contribution in [1.82, 2.24) is 10.2 Å². The molecule has 1 aliphatic heterocycles. The molecule has 0 atom stereocenters. The highest BCUT2D eigenvalue weighted by molar-refractivity contribution is 5.76. The average molecular weight is 272 g/mol. The molecular weight excluding hydrogens is 248 g/mol. The highest BCUT2D eigenvalue weighted by Gasteiger charge is 2.32. The molecule has 1 N–H and O–H groups in total. The zero-order valence-electron chi connectivity index (χ0n) is 12.1. The van der Waals surface area contributed by atoms with Gasteiger partial charge in [-0.05, 0) is 50.3 Å². The molecule has 108 valence electrons. The normalized spacial score (nSPS) is 20.8. The van der Waals surface area contributed by atoms with E-state index in [1.54, 1.807) is 0 Å². The second kappa shape index (κ2) is 6.40. The fourth-order valence-corrected chi connectivity index (χ4v) is 3.09. The van der Waals surface area contributed by atoms with Crippen LogP contribution in [-0.2, 0) is 11.3 Å². The van der Waals surface area contributed by atoms with Gasteiger partial charge in [-0.15, -0.1) is 0 Å². The van der Waals surface area contributed by atoms with Crippen LogP contribution in [0.4, 0.5) is 0 Å². The number of likely N-dealkylation sites (tertiary alicyclic amines) is 1. The maximum absolute atomic E-state index is 12.0. The largest absolute Gasteiger partial charge is 0.352 e. The zero-order chi connectivity index (χ0) is 13.8. The van der Waals surface area contributed by atoms with Gasteiger partial charge in [0, 0.05) is 19.0 Å². The van der Waals surface area contributed by atoms with Crippen LogP contribution in [0.5, 0.6) is 0 Å². The Bertz CT molecular complexity index is 434. The van der Waals surface area contributed by atoms with E-state index >= 15 is 0 Å². The van der Waals surface area contributed by atoms with Crippen molar-refractivity contribution in [3.05, 3.63) is 35.9 Å². The Labute approximate surface area is 121 Å². The minimum atomic E-state index is 0.207. The Balaban J connectivity index is 1.36. The Morgan fingerprint density at radius 1 is 1.10 bits per heavy atom. The van der Waals surface area contributed by atoms with Crippen molar-refractivity contribution in [3.63, 3.8) is 0 Å². The molecule has 1 saturated heterocycles. The molecule has 3 rings (SSSR count). The first-order valence-electron chi connectivity index (χ1n) is 7.86. The van der Waals surface area contributed by atoms with Crippen LogP contribution in [0.1, 0.15) is 37.7 Å². The average Bonchev–Trinajstić information content (AvgIpc) is 3.32. The number of rotatable bonds is 5. The van der Waals surface area contributed by atoms with Crippen molar-refractivity contribution in [1.29, 1.82) is 0 Å². The fraction of sp³-hybridized carbons (Fsp3) is 0.588. The second-order valence-corrected chi connectivity index (χ2v) is 6.18. The maximum Gasteiger partial charge on any atom is 0.220 e. The summed E-state index contributed by atoms with van der Waals surface area (Å²) in [6.45, 7) is 3.04. The number of nitrogens with zero attached hydrogens (tertiary/aromatic N) is 1. The summed E-state index contributed by atoms with van der Waals surface area (Å²) in [6.07, 6.45) is 5.86. The lowest BCUT2D eigenvalue weighted by atomic mass is 9.93. The van der Waals surface area contributed by atoms with Gasteiger partial charge >= 0.3 is 0 Å². The van der Waals surface area contributed by atoms with E-state index < -0.39 is 0 Å². The molecule has 0 aromatic heterocycles. The van der Waals surface area contributed by atoms with E-state index in [-0.39, 0.29) is 5.91 Å². The van der Waals surface area contributed by atoms with Crippen LogP contribution < -0.4 is 5.32 Å². The number of benzene rings is 1. The molecule has 3 nitrogen and oxygen atoms in total. The van der Waals surface area contributed by atoms with E-state index in [4.69, 9.17) is 0 Å². The summed E-state index contributed by atoms with van der Waals surface area (Å²) in [7, 11) is 0. The number of carbonyl (C=O) groups is 1. The summed E-state index contributed by atoms with van der Waals surface area (Å²) in [6, 6.07) is 11.0. The van der Waals surface area contributed by atoms with Gasteiger partial charge in [-0.3, -0.25) is 4.79 Å². The Hall–Kier alpha value is -1.35. The molecule has 0 spiro atoms. The van der Waals surface area contributed by atoms with Crippen molar-refractivity contribution in [2.45, 2.75) is 44.7 Å². The van der Waals surface area contributed by atoms with Crippen LogP contribution in [0, 0.1) is 5.92 Å². The summed E-state index contributed by atoms with van der Waals surface area (Å²) in [5, 5.41) is 3.04. The molecule has 1 amide bonds. The van der Waals surface area contributed by atoms with Gasteiger partial charge in [-0.1, -0.05) is 30.3 Å². The second-order valence-electron chi connectivity index (χ2n) is 6.18. The molecule has 2 aliphatic rings. The van der Waals surface area contributed by atoms with Crippen LogP contribution in [0.3, 0.4) is 0 Å². The number of hydrogen-bond donors (Lipinski definition) is 1. The van der Waals surface area contributed by atoms with Crippen molar-refractivity contribution >= 4 is 5.91 Å². The predicted octanol–water partition coefficient (Wildman–Crippen LogP) is 2.57. The lowest BCUT2D eigenvalue weighted by Gasteiger charge is -2.31. The first-order valence-corrected chi connectivity index (χ1v) is 7.86. The summed E-state index contributed by atoms with van der Waals surface area (Å²) in [5.41, 5.74) is 1.17. The van der Waals surface area contributed by atoms with Crippen molar-refractivity contribution < 1.29 is 4.79 Å². The topological polar surface area (TPSA) is 32.3 Å². The number of nitrogens with one attached hydrogen (secondary N) is 1. The highest BCUT2D eigenvalue weighted by atomic mass is 16.1. The minimum Gasteiger partial charge on any atom is -0.352 e. The molecule has 0 radical (unpaired) electrons. The predicted molar refractivity (Wildman–Crippen MR) is 80.2 cm³/mol. The lowest BCUT2D eigenvalue weighted by Crippen LogP contribution is -2.37. The van der Waals surface area contributed by atoms with Gasteiger partial charge in [0.15, 0.2) is 0 Å². The Kier molecular flexibility index (Phi) is 4.36. The Morgan fingerprint density at radius 3 is 2.45 bits per heavy atom. The standard InChI is InChI=1S/C17H24N2O/c20-17(18-13-15-4-2-1-3-5-15)12-14-8-10-19(11-9-14)16-6-7-16/h1-5,14,16H,6-13H2,(H,18,20). The molecule has 1 saturated carbocycles. The van der Waals surface area contributed by atoms with Gasteiger partial charge in [0.25, 0.3) is 0 Å². The van der Waals surface area contributed by atoms with Crippen LogP contribution >= 0.6 is 0 Å². The third-order valence-electron chi connectivity index (χ3n) is 4.52. The molecule has 2 fully saturated rings. The van der Waals surface area contributed by atoms with Crippen molar-refractivity contribution in [2.24, 2.45) is 5.92 Å². The molecule has 1 aromatic rings. The molecule has 1 heterocycles. The number of piperidine rings is 1. The monoisotopic (exact) mass is 272 g/mol. The van der Waals surface area contributed by atoms with Crippen molar-refractivity contribution in [3.8, 4) is 0 Å². The van der Waals surface area contributed by atoms with Crippen LogP contribution in [0.25, 0.3) is 0 Å². The van der Waals surface area contributed by atoms with Crippen LogP contribution in [-0.4, -0.2) is 29.9 Å². The molecule has 0 bridgehead atoms. The summed E-state index contributed by atoms with van der Waals surface area (Å²) >= 11 is 0. The molecule has 1 aliphatic carbocycles. The fourth-order valence-electron chi connectivity index (χ4n) is 3.09. The third-order valence-corrected chi connectivity index (χ3v) is 4.52. The molecule has 3 heteroatoms. The quantitative estimate of drug-likeness (QED) is 0.893. The highest BCUT2D eigenvalue weighted by Crippen LogP contribution is 2.31.